The second-order valence-corrected chi connectivity index (χ2v) is 7.75. The number of piperazine rings is 1. The molecule has 20 heavy (non-hydrogen) atoms. The lowest BCUT2D eigenvalue weighted by molar-refractivity contribution is -0.162. The molecular weight excluding hydrogens is 272 g/mol. The van der Waals surface area contributed by atoms with Crippen molar-refractivity contribution in [1.29, 1.82) is 0 Å². The molecule has 3 rings (SSSR count). The second-order valence-electron chi connectivity index (χ2n) is 6.60. The van der Waals surface area contributed by atoms with Gasteiger partial charge < -0.3 is 9.80 Å². The van der Waals surface area contributed by atoms with Crippen LogP contribution in [0.1, 0.15) is 33.1 Å². The highest BCUT2D eigenvalue weighted by molar-refractivity contribution is 7.99. The minimum absolute atomic E-state index is 0.161. The fourth-order valence-corrected chi connectivity index (χ4v) is 5.05. The predicted molar refractivity (Wildman–Crippen MR) is 80.5 cm³/mol. The number of carbonyl (C=O) groups is 2. The van der Waals surface area contributed by atoms with Crippen LogP contribution in [0.5, 0.6) is 0 Å². The number of amides is 2. The van der Waals surface area contributed by atoms with Crippen LogP contribution in [-0.2, 0) is 9.59 Å². The van der Waals surface area contributed by atoms with E-state index >= 15 is 0 Å². The van der Waals surface area contributed by atoms with Gasteiger partial charge in [-0.25, -0.2) is 0 Å². The molecule has 0 aromatic carbocycles. The standard InChI is InChI=1S/C15H24N2O2S/c1-10(2)13-15(19)16-6-3-4-12(16)14(18)17(13)8-11-5-7-20-9-11/h10-13H,3-9H2,1-2H3. The van der Waals surface area contributed by atoms with Crippen molar-refractivity contribution in [2.45, 2.75) is 45.2 Å². The van der Waals surface area contributed by atoms with Gasteiger partial charge in [-0.05, 0) is 42.6 Å². The number of hydrogen-bond acceptors (Lipinski definition) is 3. The average Bonchev–Trinajstić information content (AvgIpc) is 3.06. The zero-order chi connectivity index (χ0) is 14.3. The van der Waals surface area contributed by atoms with E-state index in [0.29, 0.717) is 5.92 Å². The van der Waals surface area contributed by atoms with Crippen molar-refractivity contribution < 1.29 is 9.59 Å². The van der Waals surface area contributed by atoms with E-state index in [9.17, 15) is 9.59 Å². The van der Waals surface area contributed by atoms with Crippen LogP contribution in [0.2, 0.25) is 0 Å². The van der Waals surface area contributed by atoms with Gasteiger partial charge in [0, 0.05) is 13.1 Å². The highest BCUT2D eigenvalue weighted by Gasteiger charge is 2.49. The molecule has 0 bridgehead atoms. The zero-order valence-corrected chi connectivity index (χ0v) is 13.2. The van der Waals surface area contributed by atoms with Gasteiger partial charge in [0.1, 0.15) is 12.1 Å². The molecule has 3 aliphatic heterocycles. The first kappa shape index (κ1) is 14.2. The Bertz CT molecular complexity index is 407. The maximum Gasteiger partial charge on any atom is 0.246 e. The van der Waals surface area contributed by atoms with Crippen molar-refractivity contribution in [2.24, 2.45) is 11.8 Å². The van der Waals surface area contributed by atoms with Gasteiger partial charge in [0.05, 0.1) is 0 Å². The maximum absolute atomic E-state index is 12.8. The second kappa shape index (κ2) is 5.58. The first-order valence-electron chi connectivity index (χ1n) is 7.78. The minimum atomic E-state index is -0.234. The summed E-state index contributed by atoms with van der Waals surface area (Å²) < 4.78 is 0. The van der Waals surface area contributed by atoms with E-state index in [-0.39, 0.29) is 29.8 Å². The first-order chi connectivity index (χ1) is 9.59. The molecule has 4 nitrogen and oxygen atoms in total. The van der Waals surface area contributed by atoms with Gasteiger partial charge >= 0.3 is 0 Å². The van der Waals surface area contributed by atoms with Crippen LogP contribution in [0.15, 0.2) is 0 Å². The summed E-state index contributed by atoms with van der Waals surface area (Å²) in [4.78, 5) is 29.3. The Balaban J connectivity index is 1.83. The van der Waals surface area contributed by atoms with Gasteiger partial charge in [0.15, 0.2) is 0 Å². The highest BCUT2D eigenvalue weighted by atomic mass is 32.2. The molecule has 3 aliphatic rings. The van der Waals surface area contributed by atoms with Crippen LogP contribution in [0.25, 0.3) is 0 Å². The van der Waals surface area contributed by atoms with E-state index in [2.05, 4.69) is 13.8 Å². The summed E-state index contributed by atoms with van der Waals surface area (Å²) in [6.45, 7) is 5.67. The van der Waals surface area contributed by atoms with E-state index in [1.165, 1.54) is 12.2 Å². The van der Waals surface area contributed by atoms with Crippen LogP contribution >= 0.6 is 11.8 Å². The normalized spacial score (nSPS) is 34.2. The Morgan fingerprint density at radius 2 is 2.05 bits per heavy atom. The Labute approximate surface area is 125 Å². The highest BCUT2D eigenvalue weighted by Crippen LogP contribution is 2.32. The SMILES string of the molecule is CC(C)C1C(=O)N2CCCC2C(=O)N1CC1CCSC1. The summed E-state index contributed by atoms with van der Waals surface area (Å²) >= 11 is 1.97. The van der Waals surface area contributed by atoms with Crippen molar-refractivity contribution in [2.75, 3.05) is 24.6 Å². The van der Waals surface area contributed by atoms with Crippen LogP contribution in [0.3, 0.4) is 0 Å². The summed E-state index contributed by atoms with van der Waals surface area (Å²) in [6.07, 6.45) is 3.01. The molecule has 3 fully saturated rings. The fraction of sp³-hybridized carbons (Fsp3) is 0.867. The molecule has 112 valence electrons. The topological polar surface area (TPSA) is 40.6 Å². The third kappa shape index (κ3) is 2.34. The Morgan fingerprint density at radius 1 is 1.25 bits per heavy atom. The number of thioether (sulfide) groups is 1. The summed E-state index contributed by atoms with van der Waals surface area (Å²) in [5.74, 6) is 3.50. The molecule has 3 atom stereocenters. The number of rotatable bonds is 3. The van der Waals surface area contributed by atoms with Gasteiger partial charge in [0.2, 0.25) is 11.8 Å². The first-order valence-corrected chi connectivity index (χ1v) is 8.93. The summed E-state index contributed by atoms with van der Waals surface area (Å²) in [6, 6.07) is -0.394. The molecule has 3 heterocycles. The number of fused-ring (bicyclic) bond motifs is 1. The summed E-state index contributed by atoms with van der Waals surface area (Å²) in [5, 5.41) is 0. The molecule has 0 radical (unpaired) electrons. The van der Waals surface area contributed by atoms with Crippen molar-refractivity contribution >= 4 is 23.6 Å². The monoisotopic (exact) mass is 296 g/mol. The average molecular weight is 296 g/mol. The number of nitrogens with zero attached hydrogens (tertiary/aromatic N) is 2. The number of carbonyl (C=O) groups excluding carboxylic acids is 2. The number of hydrogen-bond donors (Lipinski definition) is 0. The smallest absolute Gasteiger partial charge is 0.246 e. The van der Waals surface area contributed by atoms with Crippen LogP contribution in [-0.4, -0.2) is 58.3 Å². The lowest BCUT2D eigenvalue weighted by Crippen LogP contribution is -2.64. The quantitative estimate of drug-likeness (QED) is 0.794. The summed E-state index contributed by atoms with van der Waals surface area (Å²) in [7, 11) is 0. The molecule has 0 spiro atoms. The van der Waals surface area contributed by atoms with Gasteiger partial charge in [0.25, 0.3) is 0 Å². The molecule has 0 aromatic rings. The molecule has 5 heteroatoms. The van der Waals surface area contributed by atoms with Crippen molar-refractivity contribution in [3.05, 3.63) is 0 Å². The fourth-order valence-electron chi connectivity index (χ4n) is 3.77. The van der Waals surface area contributed by atoms with Crippen LogP contribution in [0, 0.1) is 11.8 Å². The van der Waals surface area contributed by atoms with Gasteiger partial charge in [-0.15, -0.1) is 0 Å². The zero-order valence-electron chi connectivity index (χ0n) is 12.4. The van der Waals surface area contributed by atoms with E-state index < -0.39 is 0 Å². The molecule has 2 amide bonds. The molecule has 3 saturated heterocycles. The van der Waals surface area contributed by atoms with E-state index in [4.69, 9.17) is 0 Å². The molecule has 0 aliphatic carbocycles. The largest absolute Gasteiger partial charge is 0.329 e. The maximum atomic E-state index is 12.8. The van der Waals surface area contributed by atoms with Crippen molar-refractivity contribution in [3.8, 4) is 0 Å². The summed E-state index contributed by atoms with van der Waals surface area (Å²) in [5.41, 5.74) is 0. The van der Waals surface area contributed by atoms with Gasteiger partial charge in [-0.1, -0.05) is 13.8 Å². The van der Waals surface area contributed by atoms with Crippen molar-refractivity contribution in [1.82, 2.24) is 9.80 Å². The Morgan fingerprint density at radius 3 is 2.70 bits per heavy atom. The molecule has 0 saturated carbocycles. The third-order valence-corrected chi connectivity index (χ3v) is 6.03. The third-order valence-electron chi connectivity index (χ3n) is 4.80. The van der Waals surface area contributed by atoms with Crippen molar-refractivity contribution in [3.63, 3.8) is 0 Å². The minimum Gasteiger partial charge on any atom is -0.329 e. The van der Waals surface area contributed by atoms with E-state index in [1.807, 2.05) is 21.6 Å². The lowest BCUT2D eigenvalue weighted by Gasteiger charge is -2.44. The predicted octanol–water partition coefficient (Wildman–Crippen LogP) is 1.60. The molecule has 0 aromatic heterocycles. The Kier molecular flexibility index (Phi) is 3.98. The molecular formula is C15H24N2O2S. The Hall–Kier alpha value is -0.710. The van der Waals surface area contributed by atoms with Gasteiger partial charge in [-0.2, -0.15) is 11.8 Å². The molecule has 0 N–H and O–H groups in total. The van der Waals surface area contributed by atoms with Crippen LogP contribution < -0.4 is 0 Å². The van der Waals surface area contributed by atoms with Crippen LogP contribution in [0.4, 0.5) is 0 Å². The van der Waals surface area contributed by atoms with E-state index in [0.717, 1.165) is 31.7 Å². The molecule has 3 unspecified atom stereocenters. The van der Waals surface area contributed by atoms with E-state index in [1.54, 1.807) is 0 Å². The van der Waals surface area contributed by atoms with Gasteiger partial charge in [-0.3, -0.25) is 9.59 Å². The lowest BCUT2D eigenvalue weighted by atomic mass is 9.94.